The summed E-state index contributed by atoms with van der Waals surface area (Å²) in [6, 6.07) is 27.8. The highest BCUT2D eigenvalue weighted by atomic mass is 15.1. The van der Waals surface area contributed by atoms with E-state index in [-0.39, 0.29) is 5.92 Å². The van der Waals surface area contributed by atoms with Crippen LogP contribution in [0.3, 0.4) is 0 Å². The zero-order chi connectivity index (χ0) is 25.9. The van der Waals surface area contributed by atoms with E-state index in [1.807, 2.05) is 0 Å². The molecular weight excluding hydrogens is 438 g/mol. The molecule has 0 aliphatic heterocycles. The van der Waals surface area contributed by atoms with Crippen LogP contribution in [0.4, 0.5) is 17.1 Å². The molecule has 0 fully saturated rings. The Balaban J connectivity index is 2.00. The predicted molar refractivity (Wildman–Crippen MR) is 160 cm³/mol. The number of hydrogen-bond acceptors (Lipinski definition) is 3. The van der Waals surface area contributed by atoms with Crippen molar-refractivity contribution in [2.75, 3.05) is 54.0 Å². The third-order valence-corrected chi connectivity index (χ3v) is 7.29. The van der Waals surface area contributed by atoms with Crippen molar-refractivity contribution in [1.82, 2.24) is 0 Å². The Morgan fingerprint density at radius 3 is 0.944 bits per heavy atom. The van der Waals surface area contributed by atoms with Crippen molar-refractivity contribution in [3.8, 4) is 0 Å². The van der Waals surface area contributed by atoms with Gasteiger partial charge in [0.25, 0.3) is 0 Å². The highest BCUT2D eigenvalue weighted by Gasteiger charge is 2.18. The van der Waals surface area contributed by atoms with E-state index in [1.165, 1.54) is 46.6 Å². The number of nitrogens with zero attached hydrogens (tertiary/aromatic N) is 3. The van der Waals surface area contributed by atoms with E-state index in [0.29, 0.717) is 0 Å². The molecule has 3 aromatic rings. The highest BCUT2D eigenvalue weighted by molar-refractivity contribution is 5.56. The van der Waals surface area contributed by atoms with Crippen molar-refractivity contribution in [3.05, 3.63) is 89.5 Å². The summed E-state index contributed by atoms with van der Waals surface area (Å²) in [7, 11) is 0. The molecule has 194 valence electrons. The molecule has 36 heavy (non-hydrogen) atoms. The van der Waals surface area contributed by atoms with E-state index < -0.39 is 0 Å². The minimum absolute atomic E-state index is 0.210. The summed E-state index contributed by atoms with van der Waals surface area (Å²) < 4.78 is 0. The van der Waals surface area contributed by atoms with E-state index in [1.54, 1.807) is 0 Å². The van der Waals surface area contributed by atoms with Crippen LogP contribution >= 0.6 is 0 Å². The van der Waals surface area contributed by atoms with Gasteiger partial charge < -0.3 is 14.7 Å². The van der Waals surface area contributed by atoms with Crippen molar-refractivity contribution in [2.24, 2.45) is 0 Å². The van der Waals surface area contributed by atoms with Gasteiger partial charge in [0.2, 0.25) is 0 Å². The fraction of sp³-hybridized carbons (Fsp3) is 0.455. The van der Waals surface area contributed by atoms with Gasteiger partial charge in [-0.2, -0.15) is 0 Å². The topological polar surface area (TPSA) is 9.72 Å². The third-order valence-electron chi connectivity index (χ3n) is 7.29. The number of hydrogen-bond donors (Lipinski definition) is 0. The smallest absolute Gasteiger partial charge is 0.0366 e. The molecule has 0 heterocycles. The molecule has 0 spiro atoms. The largest absolute Gasteiger partial charge is 0.372 e. The molecule has 0 atom stereocenters. The monoisotopic (exact) mass is 485 g/mol. The molecule has 0 amide bonds. The normalized spacial score (nSPS) is 11.1. The molecule has 0 aromatic heterocycles. The summed E-state index contributed by atoms with van der Waals surface area (Å²) in [5, 5.41) is 0. The summed E-state index contributed by atoms with van der Waals surface area (Å²) in [5.74, 6) is 0.210. The van der Waals surface area contributed by atoms with Crippen LogP contribution in [-0.4, -0.2) is 39.3 Å². The van der Waals surface area contributed by atoms with Gasteiger partial charge >= 0.3 is 0 Å². The van der Waals surface area contributed by atoms with Crippen LogP contribution in [0.1, 0.15) is 77.0 Å². The number of benzene rings is 3. The van der Waals surface area contributed by atoms with Gasteiger partial charge in [-0.3, -0.25) is 0 Å². The lowest BCUT2D eigenvalue weighted by Crippen LogP contribution is -2.24. The fourth-order valence-electron chi connectivity index (χ4n) is 5.30. The molecule has 0 radical (unpaired) electrons. The van der Waals surface area contributed by atoms with E-state index in [4.69, 9.17) is 0 Å². The van der Waals surface area contributed by atoms with Crippen molar-refractivity contribution < 1.29 is 0 Å². The average molecular weight is 486 g/mol. The lowest BCUT2D eigenvalue weighted by Gasteiger charge is -2.26. The molecular formula is C33H47N3. The van der Waals surface area contributed by atoms with E-state index >= 15 is 0 Å². The maximum absolute atomic E-state index is 2.51. The zero-order valence-corrected chi connectivity index (χ0v) is 23.5. The van der Waals surface area contributed by atoms with Gasteiger partial charge in [0, 0.05) is 62.2 Å². The molecule has 3 nitrogen and oxygen atoms in total. The second-order valence-corrected chi connectivity index (χ2v) is 9.54. The quantitative estimate of drug-likeness (QED) is 0.213. The van der Waals surface area contributed by atoms with Crippen LogP contribution in [0, 0.1) is 0 Å². The maximum Gasteiger partial charge on any atom is 0.0366 e. The van der Waals surface area contributed by atoms with E-state index in [0.717, 1.165) is 39.3 Å². The van der Waals surface area contributed by atoms with Crippen molar-refractivity contribution in [2.45, 2.75) is 60.3 Å². The predicted octanol–water partition coefficient (Wildman–Crippen LogP) is 8.19. The minimum atomic E-state index is 0.210. The van der Waals surface area contributed by atoms with Gasteiger partial charge in [0.05, 0.1) is 0 Å². The first kappa shape index (κ1) is 27.6. The summed E-state index contributed by atoms with van der Waals surface area (Å²) in [5.41, 5.74) is 7.95. The standard InChI is InChI=1S/C33H47N3/c1-7-25-36(26-8-2)32-23-17-29(18-24-32)33(27-13-19-30(20-14-27)34(9-3)10-4)28-15-21-31(22-16-28)35(11-5)12-6/h13-24,33H,7-12,25-26H2,1-6H3. The molecule has 0 aliphatic carbocycles. The molecule has 3 rings (SSSR count). The second-order valence-electron chi connectivity index (χ2n) is 9.54. The first-order valence-electron chi connectivity index (χ1n) is 14.1. The molecule has 0 unspecified atom stereocenters. The Morgan fingerprint density at radius 2 is 0.694 bits per heavy atom. The summed E-state index contributed by atoms with van der Waals surface area (Å²) in [4.78, 5) is 7.32. The number of anilines is 3. The molecule has 3 heteroatoms. The van der Waals surface area contributed by atoms with Gasteiger partial charge in [-0.25, -0.2) is 0 Å². The van der Waals surface area contributed by atoms with Gasteiger partial charge in [0.15, 0.2) is 0 Å². The molecule has 0 saturated carbocycles. The Labute approximate surface area is 220 Å². The van der Waals surface area contributed by atoms with Crippen molar-refractivity contribution in [3.63, 3.8) is 0 Å². The lowest BCUT2D eigenvalue weighted by molar-refractivity contribution is 0.744. The molecule has 0 bridgehead atoms. The van der Waals surface area contributed by atoms with Gasteiger partial charge in [-0.1, -0.05) is 50.2 Å². The summed E-state index contributed by atoms with van der Waals surface area (Å²) >= 11 is 0. The number of rotatable bonds is 14. The summed E-state index contributed by atoms with van der Waals surface area (Å²) in [6.07, 6.45) is 2.34. The third kappa shape index (κ3) is 6.63. The molecule has 0 aliphatic rings. The van der Waals surface area contributed by atoms with Crippen LogP contribution in [0.5, 0.6) is 0 Å². The van der Waals surface area contributed by atoms with Crippen LogP contribution in [0.25, 0.3) is 0 Å². The average Bonchev–Trinajstić information content (AvgIpc) is 2.92. The van der Waals surface area contributed by atoms with E-state index in [2.05, 4.69) is 129 Å². The molecule has 0 N–H and O–H groups in total. The Bertz CT molecular complexity index is 939. The molecule has 0 saturated heterocycles. The van der Waals surface area contributed by atoms with Crippen LogP contribution in [0.2, 0.25) is 0 Å². The van der Waals surface area contributed by atoms with Gasteiger partial charge in [-0.15, -0.1) is 0 Å². The van der Waals surface area contributed by atoms with Gasteiger partial charge in [-0.05, 0) is 93.6 Å². The minimum Gasteiger partial charge on any atom is -0.372 e. The Hall–Kier alpha value is -2.94. The first-order chi connectivity index (χ1) is 17.6. The van der Waals surface area contributed by atoms with Crippen LogP contribution in [-0.2, 0) is 0 Å². The molecule has 3 aromatic carbocycles. The fourth-order valence-corrected chi connectivity index (χ4v) is 5.30. The SMILES string of the molecule is CCCN(CCC)c1ccc(C(c2ccc(N(CC)CC)cc2)c2ccc(N(CC)CC)cc2)cc1. The van der Waals surface area contributed by atoms with Gasteiger partial charge in [0.1, 0.15) is 0 Å². The first-order valence-corrected chi connectivity index (χ1v) is 14.1. The van der Waals surface area contributed by atoms with Crippen molar-refractivity contribution >= 4 is 17.1 Å². The van der Waals surface area contributed by atoms with Crippen LogP contribution in [0.15, 0.2) is 72.8 Å². The Morgan fingerprint density at radius 1 is 0.417 bits per heavy atom. The van der Waals surface area contributed by atoms with E-state index in [9.17, 15) is 0 Å². The zero-order valence-electron chi connectivity index (χ0n) is 23.5. The maximum atomic E-state index is 2.51. The lowest BCUT2D eigenvalue weighted by atomic mass is 9.85. The Kier molecular flexibility index (Phi) is 10.7. The van der Waals surface area contributed by atoms with Crippen LogP contribution < -0.4 is 14.7 Å². The summed E-state index contributed by atoms with van der Waals surface area (Å²) in [6.45, 7) is 19.7. The highest BCUT2D eigenvalue weighted by Crippen LogP contribution is 2.35. The van der Waals surface area contributed by atoms with Crippen molar-refractivity contribution in [1.29, 1.82) is 0 Å². The second kappa shape index (κ2) is 14.0.